The summed E-state index contributed by atoms with van der Waals surface area (Å²) in [6.07, 6.45) is -0.439. The van der Waals surface area contributed by atoms with E-state index in [4.69, 9.17) is 10.5 Å². The fraction of sp³-hybridized carbons (Fsp3) is 0.500. The SMILES string of the molecule is Cc1cc(NC(=O)OC(C)(C)C)c(C)cc1CN. The minimum absolute atomic E-state index is 0.439. The number of carbonyl (C=O) groups is 1. The molecule has 0 bridgehead atoms. The topological polar surface area (TPSA) is 64.3 Å². The molecule has 0 radical (unpaired) electrons. The monoisotopic (exact) mass is 250 g/mol. The summed E-state index contributed by atoms with van der Waals surface area (Å²) in [5.41, 5.74) is 9.04. The molecule has 1 aromatic carbocycles. The predicted molar refractivity (Wildman–Crippen MR) is 73.7 cm³/mol. The van der Waals surface area contributed by atoms with Crippen molar-refractivity contribution in [3.05, 3.63) is 28.8 Å². The van der Waals surface area contributed by atoms with Crippen LogP contribution in [0, 0.1) is 13.8 Å². The number of ether oxygens (including phenoxy) is 1. The van der Waals surface area contributed by atoms with E-state index in [1.54, 1.807) is 0 Å². The highest BCUT2D eigenvalue weighted by Crippen LogP contribution is 2.21. The van der Waals surface area contributed by atoms with E-state index in [1.807, 2.05) is 46.8 Å². The van der Waals surface area contributed by atoms with Gasteiger partial charge in [-0.2, -0.15) is 0 Å². The lowest BCUT2D eigenvalue weighted by Gasteiger charge is -2.20. The second-order valence-electron chi connectivity index (χ2n) is 5.42. The number of carbonyl (C=O) groups excluding carboxylic acids is 1. The van der Waals surface area contributed by atoms with Gasteiger partial charge in [-0.3, -0.25) is 5.32 Å². The van der Waals surface area contributed by atoms with Crippen LogP contribution in [-0.4, -0.2) is 11.7 Å². The summed E-state index contributed by atoms with van der Waals surface area (Å²) >= 11 is 0. The van der Waals surface area contributed by atoms with Crippen LogP contribution in [0.15, 0.2) is 12.1 Å². The summed E-state index contributed by atoms with van der Waals surface area (Å²) in [5.74, 6) is 0. The van der Waals surface area contributed by atoms with Gasteiger partial charge in [0.15, 0.2) is 0 Å². The molecular weight excluding hydrogens is 228 g/mol. The average Bonchev–Trinajstić information content (AvgIpc) is 2.20. The van der Waals surface area contributed by atoms with Crippen LogP contribution in [0.4, 0.5) is 10.5 Å². The number of hydrogen-bond donors (Lipinski definition) is 2. The van der Waals surface area contributed by atoms with E-state index in [2.05, 4.69) is 5.32 Å². The Bertz CT molecular complexity index is 448. The van der Waals surface area contributed by atoms with Crippen molar-refractivity contribution in [1.82, 2.24) is 0 Å². The third kappa shape index (κ3) is 4.04. The van der Waals surface area contributed by atoms with E-state index in [0.29, 0.717) is 6.54 Å². The maximum atomic E-state index is 11.7. The van der Waals surface area contributed by atoms with E-state index >= 15 is 0 Å². The van der Waals surface area contributed by atoms with Crippen molar-refractivity contribution in [1.29, 1.82) is 0 Å². The quantitative estimate of drug-likeness (QED) is 0.847. The third-order valence-corrected chi connectivity index (χ3v) is 2.54. The molecule has 0 unspecified atom stereocenters. The second kappa shape index (κ2) is 5.40. The molecule has 1 aromatic rings. The molecule has 3 N–H and O–H groups in total. The Balaban J connectivity index is 2.86. The van der Waals surface area contributed by atoms with Gasteiger partial charge >= 0.3 is 6.09 Å². The largest absolute Gasteiger partial charge is 0.444 e. The fourth-order valence-corrected chi connectivity index (χ4v) is 1.64. The van der Waals surface area contributed by atoms with Crippen molar-refractivity contribution < 1.29 is 9.53 Å². The van der Waals surface area contributed by atoms with Gasteiger partial charge in [0.25, 0.3) is 0 Å². The third-order valence-electron chi connectivity index (χ3n) is 2.54. The molecule has 1 rings (SSSR count). The van der Waals surface area contributed by atoms with Crippen LogP contribution in [0.5, 0.6) is 0 Å². The minimum Gasteiger partial charge on any atom is -0.444 e. The van der Waals surface area contributed by atoms with Gasteiger partial charge in [-0.1, -0.05) is 6.07 Å². The number of benzene rings is 1. The molecule has 0 aliphatic heterocycles. The lowest BCUT2D eigenvalue weighted by Crippen LogP contribution is -2.27. The summed E-state index contributed by atoms with van der Waals surface area (Å²) in [4.78, 5) is 11.7. The van der Waals surface area contributed by atoms with Crippen LogP contribution in [0.1, 0.15) is 37.5 Å². The lowest BCUT2D eigenvalue weighted by atomic mass is 10.0. The molecule has 100 valence electrons. The highest BCUT2D eigenvalue weighted by atomic mass is 16.6. The van der Waals surface area contributed by atoms with Crippen LogP contribution in [0.3, 0.4) is 0 Å². The molecule has 0 aliphatic rings. The van der Waals surface area contributed by atoms with Gasteiger partial charge in [0.05, 0.1) is 0 Å². The molecule has 0 spiro atoms. The van der Waals surface area contributed by atoms with Gasteiger partial charge in [-0.05, 0) is 57.4 Å². The predicted octanol–water partition coefficient (Wildman–Crippen LogP) is 3.11. The zero-order chi connectivity index (χ0) is 13.9. The summed E-state index contributed by atoms with van der Waals surface area (Å²) in [6.45, 7) is 9.92. The summed E-state index contributed by atoms with van der Waals surface area (Å²) in [6, 6.07) is 3.91. The molecule has 0 saturated carbocycles. The van der Waals surface area contributed by atoms with E-state index in [1.165, 1.54) is 0 Å². The first-order valence-electron chi connectivity index (χ1n) is 6.03. The minimum atomic E-state index is -0.496. The molecule has 0 saturated heterocycles. The number of nitrogens with two attached hydrogens (primary N) is 1. The zero-order valence-electron chi connectivity index (χ0n) is 11.8. The molecule has 0 aliphatic carbocycles. The van der Waals surface area contributed by atoms with Crippen molar-refractivity contribution in [3.8, 4) is 0 Å². The van der Waals surface area contributed by atoms with E-state index in [9.17, 15) is 4.79 Å². The van der Waals surface area contributed by atoms with Gasteiger partial charge < -0.3 is 10.5 Å². The van der Waals surface area contributed by atoms with Gasteiger partial charge in [-0.25, -0.2) is 4.79 Å². The zero-order valence-corrected chi connectivity index (χ0v) is 11.8. The molecule has 4 heteroatoms. The Morgan fingerprint density at radius 3 is 2.39 bits per heavy atom. The molecule has 0 aromatic heterocycles. The van der Waals surface area contributed by atoms with Crippen LogP contribution in [-0.2, 0) is 11.3 Å². The first-order chi connectivity index (χ1) is 8.23. The van der Waals surface area contributed by atoms with E-state index in [-0.39, 0.29) is 0 Å². The Labute approximate surface area is 109 Å². The molecule has 1 amide bonds. The number of anilines is 1. The van der Waals surface area contributed by atoms with Gasteiger partial charge in [-0.15, -0.1) is 0 Å². The van der Waals surface area contributed by atoms with Crippen LogP contribution in [0.25, 0.3) is 0 Å². The number of hydrogen-bond acceptors (Lipinski definition) is 3. The molecule has 18 heavy (non-hydrogen) atoms. The van der Waals surface area contributed by atoms with Crippen LogP contribution in [0.2, 0.25) is 0 Å². The molecule has 4 nitrogen and oxygen atoms in total. The van der Waals surface area contributed by atoms with Crippen LogP contribution < -0.4 is 11.1 Å². The number of amides is 1. The molecule has 0 atom stereocenters. The normalized spacial score (nSPS) is 11.2. The standard InChI is InChI=1S/C14H22N2O2/c1-9-7-12(10(2)6-11(9)8-15)16-13(17)18-14(3,4)5/h6-7H,8,15H2,1-5H3,(H,16,17). The van der Waals surface area contributed by atoms with E-state index < -0.39 is 11.7 Å². The van der Waals surface area contributed by atoms with E-state index in [0.717, 1.165) is 22.4 Å². The molecular formula is C14H22N2O2. The number of aryl methyl sites for hydroxylation is 2. The number of rotatable bonds is 2. The lowest BCUT2D eigenvalue weighted by molar-refractivity contribution is 0.0636. The Morgan fingerprint density at radius 2 is 1.89 bits per heavy atom. The summed E-state index contributed by atoms with van der Waals surface area (Å²) in [7, 11) is 0. The van der Waals surface area contributed by atoms with Crippen molar-refractivity contribution in [3.63, 3.8) is 0 Å². The number of nitrogens with one attached hydrogen (secondary N) is 1. The van der Waals surface area contributed by atoms with Crippen molar-refractivity contribution in [2.24, 2.45) is 5.73 Å². The summed E-state index contributed by atoms with van der Waals surface area (Å²) < 4.78 is 5.22. The highest BCUT2D eigenvalue weighted by Gasteiger charge is 2.17. The first-order valence-corrected chi connectivity index (χ1v) is 6.03. The average molecular weight is 250 g/mol. The smallest absolute Gasteiger partial charge is 0.412 e. The maximum absolute atomic E-state index is 11.7. The van der Waals surface area contributed by atoms with Gasteiger partial charge in [0, 0.05) is 12.2 Å². The first kappa shape index (κ1) is 14.5. The summed E-state index contributed by atoms with van der Waals surface area (Å²) in [5, 5.41) is 2.76. The second-order valence-corrected chi connectivity index (χ2v) is 5.42. The van der Waals surface area contributed by atoms with Crippen molar-refractivity contribution >= 4 is 11.8 Å². The van der Waals surface area contributed by atoms with Crippen LogP contribution >= 0.6 is 0 Å². The van der Waals surface area contributed by atoms with Crippen molar-refractivity contribution in [2.75, 3.05) is 5.32 Å². The Hall–Kier alpha value is -1.55. The Kier molecular flexibility index (Phi) is 4.35. The maximum Gasteiger partial charge on any atom is 0.412 e. The van der Waals surface area contributed by atoms with Gasteiger partial charge in [0.1, 0.15) is 5.60 Å². The van der Waals surface area contributed by atoms with Crippen molar-refractivity contribution in [2.45, 2.75) is 46.8 Å². The molecule has 0 heterocycles. The molecule has 0 fully saturated rings. The highest BCUT2D eigenvalue weighted by molar-refractivity contribution is 5.86. The Morgan fingerprint density at radius 1 is 1.28 bits per heavy atom. The fourth-order valence-electron chi connectivity index (χ4n) is 1.64. The van der Waals surface area contributed by atoms with Gasteiger partial charge in [0.2, 0.25) is 0 Å².